The molecule has 0 spiro atoms. The van der Waals surface area contributed by atoms with E-state index in [2.05, 4.69) is 5.32 Å². The lowest BCUT2D eigenvalue weighted by Crippen LogP contribution is -2.34. The van der Waals surface area contributed by atoms with Crippen LogP contribution in [0.25, 0.3) is 0 Å². The zero-order valence-electron chi connectivity index (χ0n) is 11.3. The van der Waals surface area contributed by atoms with E-state index in [9.17, 15) is 9.90 Å². The second kappa shape index (κ2) is 6.45. The number of methoxy groups -OCH3 is 1. The standard InChI is InChI=1S/C15H21NO3/c1-19-13-10-6-9-12(14(13)17)15(18)16-11-7-4-2-3-5-8-11/h6,9-11,17H,2-5,7-8H2,1H3,(H,16,18). The van der Waals surface area contributed by atoms with Crippen LogP contribution in [0.15, 0.2) is 18.2 Å². The van der Waals surface area contributed by atoms with E-state index in [0.29, 0.717) is 5.75 Å². The van der Waals surface area contributed by atoms with Crippen LogP contribution in [-0.4, -0.2) is 24.2 Å². The molecule has 104 valence electrons. The van der Waals surface area contributed by atoms with Gasteiger partial charge in [-0.25, -0.2) is 0 Å². The van der Waals surface area contributed by atoms with E-state index in [-0.39, 0.29) is 23.3 Å². The summed E-state index contributed by atoms with van der Waals surface area (Å²) in [7, 11) is 1.47. The van der Waals surface area contributed by atoms with Gasteiger partial charge in [0.05, 0.1) is 12.7 Å². The molecule has 0 bridgehead atoms. The van der Waals surface area contributed by atoms with Crippen LogP contribution in [0.5, 0.6) is 11.5 Å². The number of para-hydroxylation sites is 1. The third-order valence-electron chi connectivity index (χ3n) is 3.65. The molecular formula is C15H21NO3. The second-order valence-electron chi connectivity index (χ2n) is 5.02. The Morgan fingerprint density at radius 2 is 1.95 bits per heavy atom. The molecular weight excluding hydrogens is 242 g/mol. The van der Waals surface area contributed by atoms with Crippen LogP contribution in [0.1, 0.15) is 48.9 Å². The predicted octanol–water partition coefficient (Wildman–Crippen LogP) is 2.85. The molecule has 0 atom stereocenters. The largest absolute Gasteiger partial charge is 0.504 e. The van der Waals surface area contributed by atoms with Crippen molar-refractivity contribution in [1.82, 2.24) is 5.32 Å². The van der Waals surface area contributed by atoms with Crippen molar-refractivity contribution < 1.29 is 14.6 Å². The lowest BCUT2D eigenvalue weighted by atomic mass is 10.1. The third-order valence-corrected chi connectivity index (χ3v) is 3.65. The number of phenolic OH excluding ortho intramolecular Hbond substituents is 1. The topological polar surface area (TPSA) is 58.6 Å². The van der Waals surface area contributed by atoms with Crippen molar-refractivity contribution in [3.05, 3.63) is 23.8 Å². The Bertz CT molecular complexity index is 437. The van der Waals surface area contributed by atoms with Crippen molar-refractivity contribution in [3.8, 4) is 11.5 Å². The maximum atomic E-state index is 12.2. The van der Waals surface area contributed by atoms with Gasteiger partial charge in [-0.05, 0) is 25.0 Å². The van der Waals surface area contributed by atoms with Gasteiger partial charge >= 0.3 is 0 Å². The highest BCUT2D eigenvalue weighted by molar-refractivity contribution is 5.97. The molecule has 4 heteroatoms. The number of hydrogen-bond donors (Lipinski definition) is 2. The minimum absolute atomic E-state index is 0.0869. The van der Waals surface area contributed by atoms with E-state index in [0.717, 1.165) is 25.7 Å². The molecule has 1 amide bonds. The number of phenols is 1. The zero-order chi connectivity index (χ0) is 13.7. The summed E-state index contributed by atoms with van der Waals surface area (Å²) in [6.45, 7) is 0. The van der Waals surface area contributed by atoms with Crippen LogP contribution < -0.4 is 10.1 Å². The molecule has 1 aliphatic carbocycles. The number of ether oxygens (including phenoxy) is 1. The van der Waals surface area contributed by atoms with Crippen LogP contribution in [0.4, 0.5) is 0 Å². The van der Waals surface area contributed by atoms with Gasteiger partial charge < -0.3 is 15.2 Å². The minimum atomic E-state index is -0.219. The summed E-state index contributed by atoms with van der Waals surface area (Å²) in [6, 6.07) is 5.18. The molecule has 0 heterocycles. The van der Waals surface area contributed by atoms with Gasteiger partial charge in [0.25, 0.3) is 5.91 Å². The van der Waals surface area contributed by atoms with Crippen molar-refractivity contribution in [2.45, 2.75) is 44.6 Å². The van der Waals surface area contributed by atoms with Gasteiger partial charge in [0.1, 0.15) is 0 Å². The van der Waals surface area contributed by atoms with Gasteiger partial charge in [-0.3, -0.25) is 4.79 Å². The van der Waals surface area contributed by atoms with Crippen molar-refractivity contribution in [3.63, 3.8) is 0 Å². The molecule has 4 nitrogen and oxygen atoms in total. The lowest BCUT2D eigenvalue weighted by molar-refractivity contribution is 0.0930. The van der Waals surface area contributed by atoms with Gasteiger partial charge in [-0.1, -0.05) is 31.7 Å². The SMILES string of the molecule is COc1cccc(C(=O)NC2CCCCCC2)c1O. The summed E-state index contributed by atoms with van der Waals surface area (Å²) in [5.41, 5.74) is 0.281. The number of aromatic hydroxyl groups is 1. The summed E-state index contributed by atoms with van der Waals surface area (Å²) in [5, 5.41) is 13.0. The van der Waals surface area contributed by atoms with E-state index < -0.39 is 0 Å². The molecule has 2 rings (SSSR count). The fourth-order valence-corrected chi connectivity index (χ4v) is 2.56. The van der Waals surface area contributed by atoms with Crippen LogP contribution in [0.2, 0.25) is 0 Å². The number of carbonyl (C=O) groups is 1. The molecule has 2 N–H and O–H groups in total. The van der Waals surface area contributed by atoms with Crippen LogP contribution in [-0.2, 0) is 0 Å². The van der Waals surface area contributed by atoms with Crippen molar-refractivity contribution in [1.29, 1.82) is 0 Å². The first-order valence-electron chi connectivity index (χ1n) is 6.89. The van der Waals surface area contributed by atoms with E-state index in [1.807, 2.05) is 0 Å². The smallest absolute Gasteiger partial charge is 0.255 e. The molecule has 0 aliphatic heterocycles. The molecule has 0 saturated heterocycles. The molecule has 1 aromatic rings. The Hall–Kier alpha value is -1.71. The van der Waals surface area contributed by atoms with E-state index in [4.69, 9.17) is 4.74 Å². The third kappa shape index (κ3) is 3.40. The number of benzene rings is 1. The maximum absolute atomic E-state index is 12.2. The van der Waals surface area contributed by atoms with Crippen LogP contribution in [0, 0.1) is 0 Å². The van der Waals surface area contributed by atoms with E-state index >= 15 is 0 Å². The van der Waals surface area contributed by atoms with Crippen molar-refractivity contribution >= 4 is 5.91 Å². The maximum Gasteiger partial charge on any atom is 0.255 e. The Balaban J connectivity index is 2.06. The van der Waals surface area contributed by atoms with Crippen LogP contribution >= 0.6 is 0 Å². The van der Waals surface area contributed by atoms with Gasteiger partial charge in [0.2, 0.25) is 0 Å². The number of carbonyl (C=O) groups excluding carboxylic acids is 1. The summed E-state index contributed by atoms with van der Waals surface area (Å²) < 4.78 is 5.02. The minimum Gasteiger partial charge on any atom is -0.504 e. The molecule has 1 saturated carbocycles. The Kier molecular flexibility index (Phi) is 4.66. The first kappa shape index (κ1) is 13.7. The molecule has 19 heavy (non-hydrogen) atoms. The fourth-order valence-electron chi connectivity index (χ4n) is 2.56. The highest BCUT2D eigenvalue weighted by Crippen LogP contribution is 2.29. The quantitative estimate of drug-likeness (QED) is 0.824. The monoisotopic (exact) mass is 263 g/mol. The average molecular weight is 263 g/mol. The average Bonchev–Trinajstić information content (AvgIpc) is 2.67. The summed E-state index contributed by atoms with van der Waals surface area (Å²) >= 11 is 0. The first-order chi connectivity index (χ1) is 9.22. The van der Waals surface area contributed by atoms with Gasteiger partial charge in [0.15, 0.2) is 11.5 Å². The predicted molar refractivity (Wildman–Crippen MR) is 73.6 cm³/mol. The molecule has 0 unspecified atom stereocenters. The summed E-state index contributed by atoms with van der Waals surface area (Å²) in [5.74, 6) is 0.0212. The number of nitrogens with one attached hydrogen (secondary N) is 1. The normalized spacial score (nSPS) is 16.7. The molecule has 1 aromatic carbocycles. The van der Waals surface area contributed by atoms with E-state index in [1.165, 1.54) is 20.0 Å². The zero-order valence-corrected chi connectivity index (χ0v) is 11.3. The molecule has 1 aliphatic rings. The van der Waals surface area contributed by atoms with Gasteiger partial charge in [-0.15, -0.1) is 0 Å². The number of rotatable bonds is 3. The Morgan fingerprint density at radius 3 is 2.58 bits per heavy atom. The number of amides is 1. The summed E-state index contributed by atoms with van der Waals surface area (Å²) in [4.78, 5) is 12.2. The lowest BCUT2D eigenvalue weighted by Gasteiger charge is -2.17. The van der Waals surface area contributed by atoms with Crippen molar-refractivity contribution in [2.24, 2.45) is 0 Å². The highest BCUT2D eigenvalue weighted by Gasteiger charge is 2.19. The molecule has 0 radical (unpaired) electrons. The Labute approximate surface area is 113 Å². The summed E-state index contributed by atoms with van der Waals surface area (Å²) in [6.07, 6.45) is 6.87. The van der Waals surface area contributed by atoms with Gasteiger partial charge in [0, 0.05) is 6.04 Å². The fraction of sp³-hybridized carbons (Fsp3) is 0.533. The first-order valence-corrected chi connectivity index (χ1v) is 6.89. The number of hydrogen-bond acceptors (Lipinski definition) is 3. The molecule has 0 aromatic heterocycles. The molecule has 1 fully saturated rings. The second-order valence-corrected chi connectivity index (χ2v) is 5.02. The van der Waals surface area contributed by atoms with Gasteiger partial charge in [-0.2, -0.15) is 0 Å². The van der Waals surface area contributed by atoms with Crippen LogP contribution in [0.3, 0.4) is 0 Å². The Morgan fingerprint density at radius 1 is 1.26 bits per heavy atom. The van der Waals surface area contributed by atoms with Crippen molar-refractivity contribution in [2.75, 3.05) is 7.11 Å². The van der Waals surface area contributed by atoms with E-state index in [1.54, 1.807) is 18.2 Å². The highest BCUT2D eigenvalue weighted by atomic mass is 16.5.